The van der Waals surface area contributed by atoms with Gasteiger partial charge in [0, 0.05) is 28.7 Å². The van der Waals surface area contributed by atoms with Crippen LogP contribution in [0.1, 0.15) is 36.3 Å². The van der Waals surface area contributed by atoms with E-state index in [0.717, 1.165) is 16.5 Å². The second-order valence-electron chi connectivity index (χ2n) is 5.08. The van der Waals surface area contributed by atoms with Gasteiger partial charge in [-0.15, -0.1) is 11.3 Å². The standard InChI is InChI=1S/C15H17N3O3S2/c1-4-9(2)16-14(19)11-5-6-13(12(7-11)18(20)21)23-15-17-10(3)8-22-15/h5-9H,4H2,1-3H3,(H,16,19). The summed E-state index contributed by atoms with van der Waals surface area (Å²) < 4.78 is 0.738. The van der Waals surface area contributed by atoms with Crippen LogP contribution in [0.5, 0.6) is 0 Å². The largest absolute Gasteiger partial charge is 0.350 e. The van der Waals surface area contributed by atoms with Crippen LogP contribution < -0.4 is 5.32 Å². The Hall–Kier alpha value is -1.93. The van der Waals surface area contributed by atoms with Gasteiger partial charge in [-0.2, -0.15) is 0 Å². The summed E-state index contributed by atoms with van der Waals surface area (Å²) in [5.41, 5.74) is 1.08. The normalized spacial score (nSPS) is 12.0. The fourth-order valence-electron chi connectivity index (χ4n) is 1.77. The minimum atomic E-state index is -0.469. The number of carbonyl (C=O) groups is 1. The molecule has 0 spiro atoms. The molecule has 1 amide bonds. The van der Waals surface area contributed by atoms with Gasteiger partial charge in [-0.1, -0.05) is 18.7 Å². The van der Waals surface area contributed by atoms with Crippen LogP contribution in [-0.4, -0.2) is 21.9 Å². The smallest absolute Gasteiger partial charge is 0.284 e. The van der Waals surface area contributed by atoms with Crippen molar-refractivity contribution in [2.45, 2.75) is 42.5 Å². The summed E-state index contributed by atoms with van der Waals surface area (Å²) in [6, 6.07) is 4.55. The van der Waals surface area contributed by atoms with Crippen molar-refractivity contribution in [2.24, 2.45) is 0 Å². The third kappa shape index (κ3) is 4.52. The third-order valence-electron chi connectivity index (χ3n) is 3.20. The van der Waals surface area contributed by atoms with E-state index in [0.29, 0.717) is 4.90 Å². The van der Waals surface area contributed by atoms with E-state index in [1.165, 1.54) is 29.2 Å². The van der Waals surface area contributed by atoms with E-state index in [2.05, 4.69) is 10.3 Å². The average molecular weight is 351 g/mol. The minimum absolute atomic E-state index is 0.0221. The van der Waals surface area contributed by atoms with Crippen LogP contribution in [0.2, 0.25) is 0 Å². The van der Waals surface area contributed by atoms with Crippen molar-refractivity contribution in [2.75, 3.05) is 0 Å². The highest BCUT2D eigenvalue weighted by atomic mass is 32.2. The number of nitrogens with zero attached hydrogens (tertiary/aromatic N) is 2. The van der Waals surface area contributed by atoms with Crippen molar-refractivity contribution in [3.8, 4) is 0 Å². The fraction of sp³-hybridized carbons (Fsp3) is 0.333. The first kappa shape index (κ1) is 17.4. The molecule has 2 aromatic rings. The molecular weight excluding hydrogens is 334 g/mol. The van der Waals surface area contributed by atoms with Gasteiger partial charge in [0.05, 0.1) is 9.82 Å². The first-order valence-electron chi connectivity index (χ1n) is 7.10. The number of hydrogen-bond acceptors (Lipinski definition) is 6. The molecule has 0 aliphatic rings. The number of hydrogen-bond donors (Lipinski definition) is 1. The maximum Gasteiger partial charge on any atom is 0.284 e. The van der Waals surface area contributed by atoms with Crippen molar-refractivity contribution in [1.29, 1.82) is 0 Å². The molecule has 1 atom stereocenters. The number of nitrogens with one attached hydrogen (secondary N) is 1. The number of nitro groups is 1. The zero-order valence-electron chi connectivity index (χ0n) is 13.0. The van der Waals surface area contributed by atoms with Crippen molar-refractivity contribution in [3.63, 3.8) is 0 Å². The average Bonchev–Trinajstić information content (AvgIpc) is 2.92. The van der Waals surface area contributed by atoms with Crippen LogP contribution in [-0.2, 0) is 0 Å². The molecule has 122 valence electrons. The summed E-state index contributed by atoms with van der Waals surface area (Å²) in [7, 11) is 0. The molecule has 1 aromatic carbocycles. The summed E-state index contributed by atoms with van der Waals surface area (Å²) in [6.07, 6.45) is 0.797. The van der Waals surface area contributed by atoms with Gasteiger partial charge in [0.25, 0.3) is 11.6 Å². The molecule has 6 nitrogen and oxygen atoms in total. The maximum absolute atomic E-state index is 12.1. The number of aryl methyl sites for hydroxylation is 1. The topological polar surface area (TPSA) is 85.1 Å². The molecule has 0 aliphatic heterocycles. The summed E-state index contributed by atoms with van der Waals surface area (Å²) in [5.74, 6) is -0.302. The Morgan fingerprint density at radius 3 is 2.83 bits per heavy atom. The van der Waals surface area contributed by atoms with Gasteiger partial charge >= 0.3 is 0 Å². The van der Waals surface area contributed by atoms with E-state index in [1.807, 2.05) is 26.2 Å². The Morgan fingerprint density at radius 2 is 2.26 bits per heavy atom. The molecule has 0 saturated carbocycles. The molecule has 1 heterocycles. The van der Waals surface area contributed by atoms with E-state index in [9.17, 15) is 14.9 Å². The molecule has 8 heteroatoms. The van der Waals surface area contributed by atoms with Crippen LogP contribution in [0.25, 0.3) is 0 Å². The van der Waals surface area contributed by atoms with E-state index < -0.39 is 4.92 Å². The molecular formula is C15H17N3O3S2. The lowest BCUT2D eigenvalue weighted by Crippen LogP contribution is -2.31. The van der Waals surface area contributed by atoms with Gasteiger partial charge in [-0.3, -0.25) is 14.9 Å². The zero-order chi connectivity index (χ0) is 17.0. The SMILES string of the molecule is CCC(C)NC(=O)c1ccc(Sc2nc(C)cs2)c([N+](=O)[O-])c1. The van der Waals surface area contributed by atoms with Crippen molar-refractivity contribution < 1.29 is 9.72 Å². The lowest BCUT2D eigenvalue weighted by molar-refractivity contribution is -0.387. The highest BCUT2D eigenvalue weighted by Crippen LogP contribution is 2.36. The van der Waals surface area contributed by atoms with Gasteiger partial charge in [-0.05, 0) is 32.4 Å². The van der Waals surface area contributed by atoms with Gasteiger partial charge in [0.2, 0.25) is 0 Å². The Bertz CT molecular complexity index is 731. The Balaban J connectivity index is 2.27. The van der Waals surface area contributed by atoms with Gasteiger partial charge in [0.1, 0.15) is 0 Å². The van der Waals surface area contributed by atoms with Crippen LogP contribution in [0.3, 0.4) is 0 Å². The number of nitro benzene ring substituents is 1. The van der Waals surface area contributed by atoms with E-state index in [4.69, 9.17) is 0 Å². The first-order chi connectivity index (χ1) is 10.9. The predicted molar refractivity (Wildman–Crippen MR) is 91.3 cm³/mol. The molecule has 1 aromatic heterocycles. The summed E-state index contributed by atoms with van der Waals surface area (Å²) in [4.78, 5) is 27.7. The van der Waals surface area contributed by atoms with Crippen molar-refractivity contribution >= 4 is 34.7 Å². The summed E-state index contributed by atoms with van der Waals surface area (Å²) in [5, 5.41) is 16.0. The monoisotopic (exact) mass is 351 g/mol. The number of aromatic nitrogens is 1. The minimum Gasteiger partial charge on any atom is -0.350 e. The number of amides is 1. The molecule has 23 heavy (non-hydrogen) atoms. The highest BCUT2D eigenvalue weighted by molar-refractivity contribution is 8.01. The number of benzene rings is 1. The summed E-state index contributed by atoms with van der Waals surface area (Å²) in [6.45, 7) is 5.72. The zero-order valence-corrected chi connectivity index (χ0v) is 14.7. The quantitative estimate of drug-likeness (QED) is 0.627. The number of thiazole rings is 1. The summed E-state index contributed by atoms with van der Waals surface area (Å²) >= 11 is 2.67. The van der Waals surface area contributed by atoms with Crippen LogP contribution in [0.15, 0.2) is 32.8 Å². The van der Waals surface area contributed by atoms with E-state index in [-0.39, 0.29) is 23.2 Å². The van der Waals surface area contributed by atoms with Crippen molar-refractivity contribution in [3.05, 3.63) is 45.0 Å². The molecule has 0 saturated heterocycles. The fourth-order valence-corrected chi connectivity index (χ4v) is 3.65. The maximum atomic E-state index is 12.1. The van der Waals surface area contributed by atoms with Gasteiger partial charge in [-0.25, -0.2) is 4.98 Å². The van der Waals surface area contributed by atoms with E-state index in [1.54, 1.807) is 12.1 Å². The van der Waals surface area contributed by atoms with Crippen LogP contribution in [0, 0.1) is 17.0 Å². The van der Waals surface area contributed by atoms with Crippen LogP contribution >= 0.6 is 23.1 Å². The molecule has 0 radical (unpaired) electrons. The first-order valence-corrected chi connectivity index (χ1v) is 8.79. The lowest BCUT2D eigenvalue weighted by atomic mass is 10.1. The molecule has 0 fully saturated rings. The predicted octanol–water partition coefficient (Wildman–Crippen LogP) is 4.04. The molecule has 0 aliphatic carbocycles. The molecule has 1 unspecified atom stereocenters. The Kier molecular flexibility index (Phi) is 5.73. The lowest BCUT2D eigenvalue weighted by Gasteiger charge is -2.11. The number of carbonyl (C=O) groups excluding carboxylic acids is 1. The van der Waals surface area contributed by atoms with E-state index >= 15 is 0 Å². The van der Waals surface area contributed by atoms with Crippen LogP contribution in [0.4, 0.5) is 5.69 Å². The highest BCUT2D eigenvalue weighted by Gasteiger charge is 2.20. The Labute approximate surface area is 142 Å². The van der Waals surface area contributed by atoms with Crippen molar-refractivity contribution in [1.82, 2.24) is 10.3 Å². The second-order valence-corrected chi connectivity index (χ2v) is 7.23. The molecule has 2 rings (SSSR count). The third-order valence-corrected chi connectivity index (χ3v) is 5.32. The molecule has 1 N–H and O–H groups in total. The molecule has 0 bridgehead atoms. The van der Waals surface area contributed by atoms with Gasteiger partial charge in [0.15, 0.2) is 4.34 Å². The number of rotatable bonds is 6. The Morgan fingerprint density at radius 1 is 1.52 bits per heavy atom. The second kappa shape index (κ2) is 7.56. The van der Waals surface area contributed by atoms with Gasteiger partial charge < -0.3 is 5.32 Å².